The van der Waals surface area contributed by atoms with Crippen molar-refractivity contribution in [3.05, 3.63) is 80.2 Å². The Labute approximate surface area is 171 Å². The molecule has 0 saturated carbocycles. The molecule has 2 aromatic heterocycles. The Bertz CT molecular complexity index is 949. The van der Waals surface area contributed by atoms with Gasteiger partial charge in [0, 0.05) is 26.6 Å². The molecule has 0 unspecified atom stereocenters. The maximum absolute atomic E-state index is 12.7. The highest BCUT2D eigenvalue weighted by atomic mass is 127. The number of hydrogen-bond acceptors (Lipinski definition) is 4. The van der Waals surface area contributed by atoms with Gasteiger partial charge in [-0.05, 0) is 81.0 Å². The Hall–Kier alpha value is -2.33. The summed E-state index contributed by atoms with van der Waals surface area (Å²) in [6.45, 7) is 0. The number of carbonyl (C=O) groups is 2. The van der Waals surface area contributed by atoms with Gasteiger partial charge in [0.15, 0.2) is 0 Å². The van der Waals surface area contributed by atoms with Crippen LogP contribution in [0.1, 0.15) is 20.7 Å². The predicted octanol–water partition coefficient (Wildman–Crippen LogP) is 4.35. The predicted molar refractivity (Wildman–Crippen MR) is 111 cm³/mol. The number of nitrogens with one attached hydrogen (secondary N) is 2. The van der Waals surface area contributed by atoms with E-state index in [1.807, 2.05) is 6.07 Å². The van der Waals surface area contributed by atoms with Gasteiger partial charge in [-0.1, -0.05) is 0 Å². The summed E-state index contributed by atoms with van der Waals surface area (Å²) in [5.74, 6) is -0.281. The molecular weight excluding hydrogens is 511 g/mol. The van der Waals surface area contributed by atoms with Crippen molar-refractivity contribution in [2.45, 2.75) is 0 Å². The number of anilines is 2. The molecule has 1 aromatic carbocycles. The Morgan fingerprint density at radius 3 is 2.54 bits per heavy atom. The summed E-state index contributed by atoms with van der Waals surface area (Å²) in [6, 6.07) is 12.0. The topological polar surface area (TPSA) is 84.0 Å². The summed E-state index contributed by atoms with van der Waals surface area (Å²) < 4.78 is 1.69. The Balaban J connectivity index is 1.84. The summed E-state index contributed by atoms with van der Waals surface area (Å²) in [5, 5.41) is 5.49. The van der Waals surface area contributed by atoms with E-state index < -0.39 is 0 Å². The molecule has 0 aliphatic rings. The maximum atomic E-state index is 12.7. The van der Waals surface area contributed by atoms with Gasteiger partial charge in [0.05, 0.1) is 16.8 Å². The average Bonchev–Trinajstić information content (AvgIpc) is 2.65. The second kappa shape index (κ2) is 8.37. The number of amides is 2. The number of aromatic nitrogens is 2. The number of nitrogens with zero attached hydrogens (tertiary/aromatic N) is 2. The van der Waals surface area contributed by atoms with Crippen LogP contribution in [0.25, 0.3) is 0 Å². The molecule has 26 heavy (non-hydrogen) atoms. The van der Waals surface area contributed by atoms with Crippen molar-refractivity contribution >= 4 is 61.8 Å². The first kappa shape index (κ1) is 18.5. The lowest BCUT2D eigenvalue weighted by atomic mass is 10.1. The lowest BCUT2D eigenvalue weighted by Crippen LogP contribution is -2.19. The van der Waals surface area contributed by atoms with Gasteiger partial charge < -0.3 is 10.6 Å². The standard InChI is InChI=1S/C18H12BrIN4O2/c19-12-3-6-16(22-10-12)24-18(26)14-8-13(20)4-5-15(14)23-17(25)11-2-1-7-21-9-11/h1-10H,(H,23,25)(H,22,24,26). The van der Waals surface area contributed by atoms with Crippen molar-refractivity contribution in [1.82, 2.24) is 9.97 Å². The number of halogens is 2. The van der Waals surface area contributed by atoms with Crippen molar-refractivity contribution in [2.24, 2.45) is 0 Å². The van der Waals surface area contributed by atoms with Crippen LogP contribution in [0.15, 0.2) is 65.5 Å². The smallest absolute Gasteiger partial charge is 0.258 e. The minimum absolute atomic E-state index is 0.338. The zero-order valence-electron chi connectivity index (χ0n) is 13.2. The van der Waals surface area contributed by atoms with Crippen LogP contribution in [0.4, 0.5) is 11.5 Å². The van der Waals surface area contributed by atoms with Gasteiger partial charge >= 0.3 is 0 Å². The first-order valence-corrected chi connectivity index (χ1v) is 9.34. The van der Waals surface area contributed by atoms with E-state index in [0.717, 1.165) is 8.04 Å². The average molecular weight is 523 g/mol. The van der Waals surface area contributed by atoms with Crippen molar-refractivity contribution in [3.8, 4) is 0 Å². The molecule has 0 saturated heterocycles. The van der Waals surface area contributed by atoms with Crippen molar-refractivity contribution in [3.63, 3.8) is 0 Å². The van der Waals surface area contributed by atoms with Crippen molar-refractivity contribution < 1.29 is 9.59 Å². The zero-order valence-corrected chi connectivity index (χ0v) is 17.0. The third-order valence-electron chi connectivity index (χ3n) is 3.37. The molecule has 0 aliphatic heterocycles. The summed E-state index contributed by atoms with van der Waals surface area (Å²) >= 11 is 5.41. The minimum Gasteiger partial charge on any atom is -0.321 e. The van der Waals surface area contributed by atoms with E-state index in [2.05, 4.69) is 59.1 Å². The van der Waals surface area contributed by atoms with Crippen LogP contribution in [-0.4, -0.2) is 21.8 Å². The largest absolute Gasteiger partial charge is 0.321 e. The number of carbonyl (C=O) groups excluding carboxylic acids is 2. The molecule has 0 radical (unpaired) electrons. The summed E-state index contributed by atoms with van der Waals surface area (Å²) in [4.78, 5) is 33.1. The fraction of sp³-hybridized carbons (Fsp3) is 0. The second-order valence-electron chi connectivity index (χ2n) is 5.20. The first-order valence-electron chi connectivity index (χ1n) is 7.47. The number of benzene rings is 1. The number of hydrogen-bond donors (Lipinski definition) is 2. The van der Waals surface area contributed by atoms with Crippen LogP contribution >= 0.6 is 38.5 Å². The van der Waals surface area contributed by atoms with E-state index in [-0.39, 0.29) is 11.8 Å². The highest BCUT2D eigenvalue weighted by Crippen LogP contribution is 2.21. The SMILES string of the molecule is O=C(Nc1ccc(I)cc1C(=O)Nc1ccc(Br)cn1)c1cccnc1. The second-order valence-corrected chi connectivity index (χ2v) is 7.36. The molecule has 0 atom stereocenters. The van der Waals surface area contributed by atoms with Crippen LogP contribution in [0.2, 0.25) is 0 Å². The van der Waals surface area contributed by atoms with Gasteiger partial charge in [-0.3, -0.25) is 14.6 Å². The summed E-state index contributed by atoms with van der Waals surface area (Å²) in [6.07, 6.45) is 4.65. The highest BCUT2D eigenvalue weighted by Gasteiger charge is 2.16. The van der Waals surface area contributed by atoms with Crippen molar-refractivity contribution in [2.75, 3.05) is 10.6 Å². The monoisotopic (exact) mass is 522 g/mol. The normalized spacial score (nSPS) is 10.2. The van der Waals surface area contributed by atoms with E-state index in [1.54, 1.807) is 48.8 Å². The van der Waals surface area contributed by atoms with Crippen LogP contribution < -0.4 is 10.6 Å². The number of pyridine rings is 2. The molecule has 130 valence electrons. The quantitative estimate of drug-likeness (QED) is 0.499. The van der Waals surface area contributed by atoms with Crippen LogP contribution in [0, 0.1) is 3.57 Å². The van der Waals surface area contributed by atoms with Crippen molar-refractivity contribution in [1.29, 1.82) is 0 Å². The molecule has 0 spiro atoms. The molecule has 0 fully saturated rings. The van der Waals surface area contributed by atoms with Crippen LogP contribution in [-0.2, 0) is 0 Å². The highest BCUT2D eigenvalue weighted by molar-refractivity contribution is 14.1. The summed E-state index contributed by atoms with van der Waals surface area (Å²) in [7, 11) is 0. The molecule has 3 rings (SSSR count). The third-order valence-corrected chi connectivity index (χ3v) is 4.51. The fourth-order valence-corrected chi connectivity index (χ4v) is 2.86. The first-order chi connectivity index (χ1) is 12.5. The van der Waals surface area contributed by atoms with E-state index in [0.29, 0.717) is 22.6 Å². The van der Waals surface area contributed by atoms with Gasteiger partial charge in [0.25, 0.3) is 11.8 Å². The van der Waals surface area contributed by atoms with Gasteiger partial charge in [-0.15, -0.1) is 0 Å². The molecule has 3 aromatic rings. The molecule has 2 N–H and O–H groups in total. The van der Waals surface area contributed by atoms with E-state index in [9.17, 15) is 9.59 Å². The molecule has 0 bridgehead atoms. The molecule has 6 nitrogen and oxygen atoms in total. The van der Waals surface area contributed by atoms with Gasteiger partial charge in [-0.25, -0.2) is 4.98 Å². The zero-order chi connectivity index (χ0) is 18.5. The third kappa shape index (κ3) is 4.64. The summed E-state index contributed by atoms with van der Waals surface area (Å²) in [5.41, 5.74) is 1.17. The molecular formula is C18H12BrIN4O2. The Morgan fingerprint density at radius 2 is 1.85 bits per heavy atom. The lowest BCUT2D eigenvalue weighted by molar-refractivity contribution is 0.102. The van der Waals surface area contributed by atoms with Gasteiger partial charge in [0.1, 0.15) is 5.82 Å². The van der Waals surface area contributed by atoms with E-state index in [4.69, 9.17) is 0 Å². The molecule has 2 amide bonds. The van der Waals surface area contributed by atoms with Crippen LogP contribution in [0.5, 0.6) is 0 Å². The van der Waals surface area contributed by atoms with E-state index in [1.165, 1.54) is 6.20 Å². The van der Waals surface area contributed by atoms with Gasteiger partial charge in [0.2, 0.25) is 0 Å². The van der Waals surface area contributed by atoms with E-state index >= 15 is 0 Å². The van der Waals surface area contributed by atoms with Crippen LogP contribution in [0.3, 0.4) is 0 Å². The Kier molecular flexibility index (Phi) is 5.94. The lowest BCUT2D eigenvalue weighted by Gasteiger charge is -2.12. The molecule has 0 aliphatic carbocycles. The maximum Gasteiger partial charge on any atom is 0.258 e. The molecule has 8 heteroatoms. The fourth-order valence-electron chi connectivity index (χ4n) is 2.14. The number of rotatable bonds is 4. The Morgan fingerprint density at radius 1 is 1.00 bits per heavy atom. The minimum atomic E-state index is -0.361. The van der Waals surface area contributed by atoms with Gasteiger partial charge in [-0.2, -0.15) is 0 Å². The molecule has 2 heterocycles.